The van der Waals surface area contributed by atoms with E-state index in [2.05, 4.69) is 38.3 Å². The van der Waals surface area contributed by atoms with Crippen LogP contribution in [0.3, 0.4) is 0 Å². The number of fused-ring (bicyclic) bond motifs is 2. The number of carbonyl (C=O) groups is 2. The van der Waals surface area contributed by atoms with Crippen LogP contribution in [0.5, 0.6) is 0 Å². The van der Waals surface area contributed by atoms with Gasteiger partial charge in [0.05, 0.1) is 18.4 Å². The van der Waals surface area contributed by atoms with Crippen LogP contribution >= 0.6 is 11.3 Å². The molecule has 0 spiro atoms. The van der Waals surface area contributed by atoms with Crippen LogP contribution in [-0.2, 0) is 16.6 Å². The fraction of sp³-hybridized carbons (Fsp3) is 0.485. The second-order valence-electron chi connectivity index (χ2n) is 13.3. The highest BCUT2D eigenvalue weighted by Crippen LogP contribution is 2.62. The molecule has 0 radical (unpaired) electrons. The third-order valence-electron chi connectivity index (χ3n) is 9.57. The third-order valence-corrected chi connectivity index (χ3v) is 10.6. The summed E-state index contributed by atoms with van der Waals surface area (Å²) >= 11 is 1.43. The summed E-state index contributed by atoms with van der Waals surface area (Å²) in [6.07, 6.45) is 1.49. The van der Waals surface area contributed by atoms with E-state index in [0.29, 0.717) is 23.5 Å². The van der Waals surface area contributed by atoms with Crippen LogP contribution in [0.25, 0.3) is 0 Å². The molecule has 2 aliphatic rings. The minimum absolute atomic E-state index is 0.00524. The van der Waals surface area contributed by atoms with Gasteiger partial charge < -0.3 is 15.5 Å². The maximum atomic E-state index is 13.4. The van der Waals surface area contributed by atoms with Crippen LogP contribution in [0.2, 0.25) is 0 Å². The van der Waals surface area contributed by atoms with Crippen molar-refractivity contribution in [1.29, 1.82) is 0 Å². The molecule has 8 heteroatoms. The molecule has 41 heavy (non-hydrogen) atoms. The van der Waals surface area contributed by atoms with Crippen molar-refractivity contribution in [2.75, 3.05) is 17.2 Å². The number of nitrogens with one attached hydrogen (secondary N) is 2. The van der Waals surface area contributed by atoms with E-state index >= 15 is 0 Å². The standard InChI is InChI=1S/C33H41N3O4S/c1-31(2,3)21-13-11-20(12-14-21)29(40)36-30-35-28-23(17-27(39)34-22-9-7-6-8-10-22)32(4)16-15-26(38)33(5,19-37)25(32)18-24(28)41-30/h6-14,23,25-26,37-38H,15-19H2,1-5H3,(H,34,39)(H,35,36,40). The number of hydrogen-bond acceptors (Lipinski definition) is 6. The normalized spacial score (nSPS) is 27.4. The maximum Gasteiger partial charge on any atom is 0.257 e. The number of rotatable bonds is 6. The van der Waals surface area contributed by atoms with Crippen LogP contribution in [0.4, 0.5) is 10.8 Å². The summed E-state index contributed by atoms with van der Waals surface area (Å²) < 4.78 is 0. The molecule has 2 aromatic carbocycles. The van der Waals surface area contributed by atoms with Gasteiger partial charge in [-0.25, -0.2) is 4.98 Å². The number of aliphatic hydroxyl groups is 2. The summed E-state index contributed by atoms with van der Waals surface area (Å²) in [4.78, 5) is 32.5. The number of carbonyl (C=O) groups excluding carboxylic acids is 2. The van der Waals surface area contributed by atoms with Crippen LogP contribution in [0.1, 0.15) is 86.3 Å². The largest absolute Gasteiger partial charge is 0.396 e. The first kappa shape index (κ1) is 29.4. The van der Waals surface area contributed by atoms with Gasteiger partial charge in [0.1, 0.15) is 0 Å². The number of thiazole rings is 1. The molecule has 5 atom stereocenters. The highest BCUT2D eigenvalue weighted by atomic mass is 32.1. The number of benzene rings is 2. The SMILES string of the molecule is CC(C)(C)c1ccc(C(=O)Nc2nc3c(s2)CC2C(C)(CO)C(O)CCC2(C)C3CC(=O)Nc2ccccc2)cc1. The molecule has 1 saturated carbocycles. The van der Waals surface area contributed by atoms with Gasteiger partial charge in [0.25, 0.3) is 5.91 Å². The van der Waals surface area contributed by atoms with Gasteiger partial charge >= 0.3 is 0 Å². The average Bonchev–Trinajstić information content (AvgIpc) is 3.34. The molecule has 7 nitrogen and oxygen atoms in total. The lowest BCUT2D eigenvalue weighted by Crippen LogP contribution is -2.57. The summed E-state index contributed by atoms with van der Waals surface area (Å²) in [6, 6.07) is 17.0. The molecule has 0 bridgehead atoms. The van der Waals surface area contributed by atoms with Gasteiger partial charge in [-0.15, -0.1) is 11.3 Å². The summed E-state index contributed by atoms with van der Waals surface area (Å²) in [5.41, 5.74) is 2.21. The zero-order chi connectivity index (χ0) is 29.6. The van der Waals surface area contributed by atoms with Crippen LogP contribution < -0.4 is 10.6 Å². The first-order valence-electron chi connectivity index (χ1n) is 14.4. The number of para-hydroxylation sites is 1. The van der Waals surface area contributed by atoms with Crippen molar-refractivity contribution in [3.05, 3.63) is 76.3 Å². The van der Waals surface area contributed by atoms with Gasteiger partial charge in [0, 0.05) is 33.9 Å². The second-order valence-corrected chi connectivity index (χ2v) is 14.3. The minimum atomic E-state index is -0.707. The summed E-state index contributed by atoms with van der Waals surface area (Å²) in [5.74, 6) is -0.622. The van der Waals surface area contributed by atoms with Crippen molar-refractivity contribution in [2.24, 2.45) is 16.7 Å². The molecule has 2 aliphatic carbocycles. The Labute approximate surface area is 246 Å². The molecule has 218 valence electrons. The number of anilines is 2. The van der Waals surface area contributed by atoms with E-state index in [9.17, 15) is 19.8 Å². The van der Waals surface area contributed by atoms with E-state index in [1.54, 1.807) is 0 Å². The van der Waals surface area contributed by atoms with E-state index < -0.39 is 11.5 Å². The van der Waals surface area contributed by atoms with Gasteiger partial charge in [-0.05, 0) is 65.8 Å². The van der Waals surface area contributed by atoms with Gasteiger partial charge in [-0.2, -0.15) is 0 Å². The summed E-state index contributed by atoms with van der Waals surface area (Å²) in [6.45, 7) is 10.4. The molecule has 1 aromatic heterocycles. The fourth-order valence-electron chi connectivity index (χ4n) is 6.91. The zero-order valence-electron chi connectivity index (χ0n) is 24.5. The predicted octanol–water partition coefficient (Wildman–Crippen LogP) is 6.14. The molecular formula is C33H41N3O4S. The Morgan fingerprint density at radius 1 is 1.05 bits per heavy atom. The Balaban J connectivity index is 1.46. The van der Waals surface area contributed by atoms with Gasteiger partial charge in [0.2, 0.25) is 5.91 Å². The molecule has 1 heterocycles. The Kier molecular flexibility index (Phi) is 7.87. The molecule has 0 saturated heterocycles. The first-order valence-corrected chi connectivity index (χ1v) is 15.2. The summed E-state index contributed by atoms with van der Waals surface area (Å²) in [5, 5.41) is 28.0. The number of aliphatic hydroxyl groups excluding tert-OH is 2. The van der Waals surface area contributed by atoms with Gasteiger partial charge in [-0.3, -0.25) is 14.9 Å². The van der Waals surface area contributed by atoms with Crippen molar-refractivity contribution < 1.29 is 19.8 Å². The molecule has 1 fully saturated rings. The van der Waals surface area contributed by atoms with Crippen molar-refractivity contribution in [2.45, 2.75) is 77.7 Å². The topological polar surface area (TPSA) is 112 Å². The van der Waals surface area contributed by atoms with Crippen LogP contribution in [0, 0.1) is 16.7 Å². The molecule has 3 aromatic rings. The van der Waals surface area contributed by atoms with E-state index in [1.165, 1.54) is 11.3 Å². The Hall–Kier alpha value is -3.07. The maximum absolute atomic E-state index is 13.4. The van der Waals surface area contributed by atoms with Crippen molar-refractivity contribution in [3.63, 3.8) is 0 Å². The number of hydrogen-bond donors (Lipinski definition) is 4. The van der Waals surface area contributed by atoms with Crippen molar-refractivity contribution in [1.82, 2.24) is 4.98 Å². The van der Waals surface area contributed by atoms with E-state index in [1.807, 2.05) is 61.5 Å². The van der Waals surface area contributed by atoms with Gasteiger partial charge in [0.15, 0.2) is 5.13 Å². The average molecular weight is 576 g/mol. The quantitative estimate of drug-likeness (QED) is 0.282. The molecule has 5 unspecified atom stereocenters. The predicted molar refractivity (Wildman–Crippen MR) is 163 cm³/mol. The lowest BCUT2D eigenvalue weighted by atomic mass is 9.47. The van der Waals surface area contributed by atoms with E-state index in [0.717, 1.165) is 28.2 Å². The lowest BCUT2D eigenvalue weighted by molar-refractivity contribution is -0.143. The number of aromatic nitrogens is 1. The second kappa shape index (κ2) is 11.0. The fourth-order valence-corrected chi connectivity index (χ4v) is 7.97. The van der Waals surface area contributed by atoms with Crippen LogP contribution in [0.15, 0.2) is 54.6 Å². The highest BCUT2D eigenvalue weighted by molar-refractivity contribution is 7.15. The molecule has 0 aliphatic heterocycles. The summed E-state index contributed by atoms with van der Waals surface area (Å²) in [7, 11) is 0. The Bertz CT molecular complexity index is 1410. The molecule has 2 amide bonds. The van der Waals surface area contributed by atoms with Crippen LogP contribution in [-0.4, -0.2) is 39.7 Å². The number of amides is 2. The Morgan fingerprint density at radius 3 is 2.37 bits per heavy atom. The van der Waals surface area contributed by atoms with Crippen molar-refractivity contribution >= 4 is 34.0 Å². The van der Waals surface area contributed by atoms with E-state index in [4.69, 9.17) is 4.98 Å². The molecule has 5 rings (SSSR count). The smallest absolute Gasteiger partial charge is 0.257 e. The zero-order valence-corrected chi connectivity index (χ0v) is 25.3. The highest BCUT2D eigenvalue weighted by Gasteiger charge is 2.59. The monoisotopic (exact) mass is 575 g/mol. The first-order chi connectivity index (χ1) is 19.3. The molecular weight excluding hydrogens is 534 g/mol. The van der Waals surface area contributed by atoms with Crippen molar-refractivity contribution in [3.8, 4) is 0 Å². The minimum Gasteiger partial charge on any atom is -0.396 e. The lowest BCUT2D eigenvalue weighted by Gasteiger charge is -2.58. The number of nitrogens with zero attached hydrogens (tertiary/aromatic N) is 1. The Morgan fingerprint density at radius 2 is 1.73 bits per heavy atom. The molecule has 4 N–H and O–H groups in total. The third kappa shape index (κ3) is 5.57. The van der Waals surface area contributed by atoms with E-state index in [-0.39, 0.29) is 47.5 Å². The van der Waals surface area contributed by atoms with Gasteiger partial charge in [-0.1, -0.05) is 65.0 Å².